The molecule has 2 unspecified atom stereocenters. The maximum Gasteiger partial charge on any atom is 0.142 e. The van der Waals surface area contributed by atoms with Crippen LogP contribution in [-0.2, 0) is 11.2 Å². The second-order valence-electron chi connectivity index (χ2n) is 6.83. The Bertz CT molecular complexity index is 640. The summed E-state index contributed by atoms with van der Waals surface area (Å²) >= 11 is -0.666. The lowest BCUT2D eigenvalue weighted by molar-refractivity contribution is 0.282. The van der Waals surface area contributed by atoms with Crippen molar-refractivity contribution in [1.29, 1.82) is 0 Å². The molecule has 0 amide bonds. The second-order valence-corrected chi connectivity index (χ2v) is 8.37. The van der Waals surface area contributed by atoms with Gasteiger partial charge in [0.15, 0.2) is 0 Å². The standard InChI is InChI=1S/C17H26N4OS/c1-4-12(2)9-23(22)10-13-7-14(8-13)21(3)17-15-5-6-18-16(15)19-11-20-17/h5-6,11-14H,4,7-10H2,1-3H3,(H,18,19,20)/t12?,13-,14+,23?. The largest absolute Gasteiger partial charge is 0.616 e. The third-order valence-corrected chi connectivity index (χ3v) is 6.80. The smallest absolute Gasteiger partial charge is 0.142 e. The molecule has 0 aliphatic heterocycles. The van der Waals surface area contributed by atoms with Gasteiger partial charge in [-0.15, -0.1) is 0 Å². The monoisotopic (exact) mass is 334 g/mol. The van der Waals surface area contributed by atoms with Crippen molar-refractivity contribution < 1.29 is 4.55 Å². The van der Waals surface area contributed by atoms with Crippen molar-refractivity contribution in [2.75, 3.05) is 23.5 Å². The minimum Gasteiger partial charge on any atom is -0.616 e. The molecule has 0 saturated heterocycles. The van der Waals surface area contributed by atoms with Crippen molar-refractivity contribution in [3.8, 4) is 0 Å². The Labute approximate surface area is 141 Å². The molecule has 3 rings (SSSR count). The van der Waals surface area contributed by atoms with Gasteiger partial charge in [-0.3, -0.25) is 0 Å². The first kappa shape index (κ1) is 16.6. The lowest BCUT2D eigenvalue weighted by Gasteiger charge is -2.41. The van der Waals surface area contributed by atoms with Crippen LogP contribution in [0, 0.1) is 11.8 Å². The van der Waals surface area contributed by atoms with Gasteiger partial charge < -0.3 is 14.4 Å². The molecule has 0 aromatic carbocycles. The summed E-state index contributed by atoms with van der Waals surface area (Å²) in [5, 5.41) is 1.07. The highest BCUT2D eigenvalue weighted by atomic mass is 32.2. The Morgan fingerprint density at radius 2 is 2.22 bits per heavy atom. The lowest BCUT2D eigenvalue weighted by atomic mass is 9.81. The first-order chi connectivity index (χ1) is 11.1. The fourth-order valence-corrected chi connectivity index (χ4v) is 5.04. The normalized spacial score (nSPS) is 23.5. The van der Waals surface area contributed by atoms with Crippen molar-refractivity contribution in [2.24, 2.45) is 11.8 Å². The summed E-state index contributed by atoms with van der Waals surface area (Å²) in [7, 11) is 2.10. The number of hydrogen-bond acceptors (Lipinski definition) is 4. The van der Waals surface area contributed by atoms with Crippen LogP contribution < -0.4 is 4.90 Å². The second kappa shape index (κ2) is 7.09. The topological polar surface area (TPSA) is 67.9 Å². The average molecular weight is 334 g/mol. The Morgan fingerprint density at radius 1 is 1.43 bits per heavy atom. The van der Waals surface area contributed by atoms with Crippen LogP contribution in [0.2, 0.25) is 0 Å². The average Bonchev–Trinajstić information content (AvgIpc) is 2.98. The minimum absolute atomic E-state index is 0.494. The van der Waals surface area contributed by atoms with Crippen molar-refractivity contribution in [3.63, 3.8) is 0 Å². The summed E-state index contributed by atoms with van der Waals surface area (Å²) in [6.45, 7) is 4.35. The van der Waals surface area contributed by atoms with E-state index in [1.165, 1.54) is 0 Å². The van der Waals surface area contributed by atoms with Crippen LogP contribution in [-0.4, -0.2) is 44.1 Å². The summed E-state index contributed by atoms with van der Waals surface area (Å²) in [5.74, 6) is 3.86. The van der Waals surface area contributed by atoms with Crippen LogP contribution in [0.4, 0.5) is 5.82 Å². The lowest BCUT2D eigenvalue weighted by Crippen LogP contribution is -2.45. The maximum absolute atomic E-state index is 12.2. The van der Waals surface area contributed by atoms with Crippen LogP contribution in [0.25, 0.3) is 11.0 Å². The number of nitrogens with zero attached hydrogens (tertiary/aromatic N) is 3. The molecule has 1 fully saturated rings. The first-order valence-electron chi connectivity index (χ1n) is 8.44. The highest BCUT2D eigenvalue weighted by molar-refractivity contribution is 7.91. The molecular formula is C17H26N4OS. The summed E-state index contributed by atoms with van der Waals surface area (Å²) in [6, 6.07) is 2.52. The highest BCUT2D eigenvalue weighted by Gasteiger charge is 2.36. The van der Waals surface area contributed by atoms with Gasteiger partial charge in [-0.1, -0.05) is 25.0 Å². The summed E-state index contributed by atoms with van der Waals surface area (Å²) in [4.78, 5) is 14.1. The van der Waals surface area contributed by atoms with E-state index in [9.17, 15) is 4.55 Å². The molecule has 2 heterocycles. The van der Waals surface area contributed by atoms with Gasteiger partial charge in [-0.25, -0.2) is 9.97 Å². The zero-order valence-electron chi connectivity index (χ0n) is 14.2. The predicted octanol–water partition coefficient (Wildman–Crippen LogP) is 2.97. The van der Waals surface area contributed by atoms with Gasteiger partial charge in [0.1, 0.15) is 29.3 Å². The summed E-state index contributed by atoms with van der Waals surface area (Å²) in [6.07, 6.45) is 6.85. The molecule has 2 aromatic rings. The molecular weight excluding hydrogens is 308 g/mol. The van der Waals surface area contributed by atoms with Crippen molar-refractivity contribution >= 4 is 28.0 Å². The molecule has 5 nitrogen and oxygen atoms in total. The molecule has 0 radical (unpaired) electrons. The van der Waals surface area contributed by atoms with Crippen molar-refractivity contribution in [3.05, 3.63) is 18.6 Å². The number of anilines is 1. The molecule has 1 N–H and O–H groups in total. The quantitative estimate of drug-likeness (QED) is 0.791. The van der Waals surface area contributed by atoms with Gasteiger partial charge in [0.2, 0.25) is 0 Å². The molecule has 6 heteroatoms. The maximum atomic E-state index is 12.2. The summed E-state index contributed by atoms with van der Waals surface area (Å²) < 4.78 is 12.2. The van der Waals surface area contributed by atoms with Crippen LogP contribution in [0.3, 0.4) is 0 Å². The van der Waals surface area contributed by atoms with E-state index in [-0.39, 0.29) is 0 Å². The number of rotatable bonds is 7. The Kier molecular flexibility index (Phi) is 5.11. The number of H-pyrrole nitrogens is 1. The van der Waals surface area contributed by atoms with Crippen LogP contribution in [0.1, 0.15) is 33.1 Å². The molecule has 126 valence electrons. The number of aromatic nitrogens is 3. The van der Waals surface area contributed by atoms with Crippen LogP contribution in [0.5, 0.6) is 0 Å². The van der Waals surface area contributed by atoms with Crippen molar-refractivity contribution in [2.45, 2.75) is 39.2 Å². The van der Waals surface area contributed by atoms with Crippen LogP contribution in [0.15, 0.2) is 18.6 Å². The van der Waals surface area contributed by atoms with Gasteiger partial charge in [-0.05, 0) is 25.3 Å². The number of aromatic amines is 1. The highest BCUT2D eigenvalue weighted by Crippen LogP contribution is 2.36. The predicted molar refractivity (Wildman–Crippen MR) is 96.1 cm³/mol. The van der Waals surface area contributed by atoms with E-state index in [1.54, 1.807) is 6.33 Å². The van der Waals surface area contributed by atoms with Crippen LogP contribution >= 0.6 is 0 Å². The Morgan fingerprint density at radius 3 is 2.96 bits per heavy atom. The molecule has 2 aromatic heterocycles. The third-order valence-electron chi connectivity index (χ3n) is 5.01. The Balaban J connectivity index is 1.54. The Hall–Kier alpha value is -1.27. The minimum atomic E-state index is -0.666. The fourth-order valence-electron chi connectivity index (χ4n) is 3.23. The number of hydrogen-bond donors (Lipinski definition) is 1. The first-order valence-corrected chi connectivity index (χ1v) is 9.93. The van der Waals surface area contributed by atoms with Gasteiger partial charge in [0.25, 0.3) is 0 Å². The molecule has 2 atom stereocenters. The van der Waals surface area contributed by atoms with Gasteiger partial charge in [-0.2, -0.15) is 0 Å². The number of fused-ring (bicyclic) bond motifs is 1. The van der Waals surface area contributed by atoms with E-state index in [0.717, 1.165) is 47.6 Å². The third kappa shape index (κ3) is 3.63. The molecule has 1 aliphatic carbocycles. The summed E-state index contributed by atoms with van der Waals surface area (Å²) in [5.41, 5.74) is 0.882. The van der Waals surface area contributed by atoms with E-state index in [1.807, 2.05) is 12.3 Å². The van der Waals surface area contributed by atoms with Gasteiger partial charge in [0.05, 0.1) is 5.39 Å². The number of nitrogens with one attached hydrogen (secondary N) is 1. The van der Waals surface area contributed by atoms with E-state index in [0.29, 0.717) is 17.9 Å². The molecule has 23 heavy (non-hydrogen) atoms. The van der Waals surface area contributed by atoms with E-state index in [4.69, 9.17) is 0 Å². The van der Waals surface area contributed by atoms with Crippen molar-refractivity contribution in [1.82, 2.24) is 15.0 Å². The SMILES string of the molecule is CCC(C)C[S+]([O-])C[C@H]1C[C@@H](N(C)c2ncnc3[nH]ccc23)C1. The van der Waals surface area contributed by atoms with Gasteiger partial charge >= 0.3 is 0 Å². The molecule has 0 bridgehead atoms. The molecule has 1 saturated carbocycles. The van der Waals surface area contributed by atoms with E-state index in [2.05, 4.69) is 40.7 Å². The van der Waals surface area contributed by atoms with E-state index < -0.39 is 11.2 Å². The fraction of sp³-hybridized carbons (Fsp3) is 0.647. The zero-order valence-corrected chi connectivity index (χ0v) is 15.0. The molecule has 1 aliphatic rings. The zero-order chi connectivity index (χ0) is 16.4. The van der Waals surface area contributed by atoms with E-state index >= 15 is 0 Å². The van der Waals surface area contributed by atoms with Gasteiger partial charge in [0, 0.05) is 31.1 Å². The molecule has 0 spiro atoms.